The van der Waals surface area contributed by atoms with Gasteiger partial charge in [-0.15, -0.1) is 11.3 Å². The third-order valence-electron chi connectivity index (χ3n) is 3.47. The van der Waals surface area contributed by atoms with Gasteiger partial charge in [0.05, 0.1) is 10.5 Å². The first-order valence-corrected chi connectivity index (χ1v) is 9.60. The van der Waals surface area contributed by atoms with Gasteiger partial charge in [0.2, 0.25) is 5.91 Å². The number of nitrogens with zero attached hydrogens (tertiary/aromatic N) is 1. The third-order valence-corrected chi connectivity index (χ3v) is 5.66. The van der Waals surface area contributed by atoms with E-state index in [1.807, 2.05) is 17.5 Å². The van der Waals surface area contributed by atoms with E-state index in [1.165, 1.54) is 23.5 Å². The third kappa shape index (κ3) is 4.76. The number of thiocarbonyl (C=S) groups is 1. The molecule has 10 heteroatoms. The summed E-state index contributed by atoms with van der Waals surface area (Å²) in [5, 5.41) is 4.23. The van der Waals surface area contributed by atoms with Crippen molar-refractivity contribution in [1.29, 1.82) is 0 Å². The van der Waals surface area contributed by atoms with E-state index in [-0.39, 0.29) is 16.6 Å². The Kier molecular flexibility index (Phi) is 5.68. The van der Waals surface area contributed by atoms with Crippen LogP contribution in [0.2, 0.25) is 0 Å². The van der Waals surface area contributed by atoms with Crippen LogP contribution in [0.15, 0.2) is 46.7 Å². The van der Waals surface area contributed by atoms with Gasteiger partial charge < -0.3 is 5.32 Å². The molecule has 140 valence electrons. The second-order valence-electron chi connectivity index (χ2n) is 5.41. The summed E-state index contributed by atoms with van der Waals surface area (Å²) in [5.41, 5.74) is -0.876. The van der Waals surface area contributed by atoms with Crippen LogP contribution >= 0.6 is 35.3 Å². The summed E-state index contributed by atoms with van der Waals surface area (Å²) in [5.74, 6) is -1.04. The van der Waals surface area contributed by atoms with Gasteiger partial charge >= 0.3 is 6.18 Å². The fraction of sp³-hybridized carbons (Fsp3) is 0.118. The van der Waals surface area contributed by atoms with Gasteiger partial charge in [-0.05, 0) is 35.7 Å². The molecule has 0 radical (unpaired) electrons. The Morgan fingerprint density at radius 3 is 2.70 bits per heavy atom. The number of anilines is 1. The average molecular weight is 428 g/mol. The molecule has 1 saturated heterocycles. The number of benzene rings is 1. The standard InChI is InChI=1S/C17H11F3N2O2S3/c18-17(19,20)10-3-1-4-11(7-10)21-14(23)9-22-15(24)13(27-16(22)25)8-12-5-2-6-26-12/h1-8H,9H2,(H,21,23)/b13-8-. The Morgan fingerprint density at radius 2 is 2.04 bits per heavy atom. The van der Waals surface area contributed by atoms with Crippen LogP contribution in [0.1, 0.15) is 10.4 Å². The van der Waals surface area contributed by atoms with Crippen LogP contribution in [0, 0.1) is 0 Å². The molecule has 1 aromatic heterocycles. The van der Waals surface area contributed by atoms with E-state index < -0.39 is 23.6 Å². The lowest BCUT2D eigenvalue weighted by atomic mass is 10.2. The predicted molar refractivity (Wildman–Crippen MR) is 104 cm³/mol. The molecule has 0 unspecified atom stereocenters. The number of halogens is 3. The van der Waals surface area contributed by atoms with E-state index in [9.17, 15) is 22.8 Å². The van der Waals surface area contributed by atoms with Crippen LogP contribution in [0.5, 0.6) is 0 Å². The van der Waals surface area contributed by atoms with E-state index in [0.29, 0.717) is 4.91 Å². The predicted octanol–water partition coefficient (Wildman–Crippen LogP) is 4.61. The minimum atomic E-state index is -4.51. The zero-order chi connectivity index (χ0) is 19.6. The van der Waals surface area contributed by atoms with Crippen molar-refractivity contribution in [2.45, 2.75) is 6.18 Å². The van der Waals surface area contributed by atoms with Gasteiger partial charge in [0, 0.05) is 10.6 Å². The Morgan fingerprint density at radius 1 is 1.26 bits per heavy atom. The average Bonchev–Trinajstić information content (AvgIpc) is 3.19. The topological polar surface area (TPSA) is 49.4 Å². The number of carbonyl (C=O) groups excluding carboxylic acids is 2. The second-order valence-corrected chi connectivity index (χ2v) is 8.07. The molecule has 1 N–H and O–H groups in total. The van der Waals surface area contributed by atoms with E-state index in [0.717, 1.165) is 33.7 Å². The molecule has 0 bridgehead atoms. The van der Waals surface area contributed by atoms with Gasteiger partial charge in [0.1, 0.15) is 10.9 Å². The Balaban J connectivity index is 1.68. The number of carbonyl (C=O) groups is 2. The molecule has 1 aliphatic heterocycles. The van der Waals surface area contributed by atoms with Crippen molar-refractivity contribution in [3.63, 3.8) is 0 Å². The summed E-state index contributed by atoms with van der Waals surface area (Å²) in [6, 6.07) is 7.97. The van der Waals surface area contributed by atoms with Crippen LogP contribution in [0.4, 0.5) is 18.9 Å². The molecule has 0 spiro atoms. The number of hydrogen-bond acceptors (Lipinski definition) is 5. The van der Waals surface area contributed by atoms with Crippen LogP contribution < -0.4 is 5.32 Å². The van der Waals surface area contributed by atoms with Crippen molar-refractivity contribution in [3.05, 3.63) is 57.1 Å². The summed E-state index contributed by atoms with van der Waals surface area (Å²) in [6.07, 6.45) is -2.82. The molecule has 1 aromatic carbocycles. The lowest BCUT2D eigenvalue weighted by molar-refractivity contribution is -0.137. The number of amides is 2. The minimum absolute atomic E-state index is 0.00519. The molecule has 0 aliphatic carbocycles. The first-order valence-electron chi connectivity index (χ1n) is 7.50. The van der Waals surface area contributed by atoms with E-state index in [1.54, 1.807) is 6.08 Å². The first-order chi connectivity index (χ1) is 12.7. The van der Waals surface area contributed by atoms with Gasteiger partial charge in [0.25, 0.3) is 5.91 Å². The molecule has 0 saturated carbocycles. The Hall–Kier alpha value is -2.17. The lowest BCUT2D eigenvalue weighted by Gasteiger charge is -2.15. The lowest BCUT2D eigenvalue weighted by Crippen LogP contribution is -2.36. The van der Waals surface area contributed by atoms with Crippen molar-refractivity contribution in [2.75, 3.05) is 11.9 Å². The van der Waals surface area contributed by atoms with E-state index >= 15 is 0 Å². The second kappa shape index (κ2) is 7.83. The summed E-state index contributed by atoms with van der Waals surface area (Å²) < 4.78 is 38.5. The SMILES string of the molecule is O=C(CN1C(=O)/C(=C/c2cccs2)SC1=S)Nc1cccc(C(F)(F)F)c1. The maximum Gasteiger partial charge on any atom is 0.416 e. The molecule has 1 aliphatic rings. The molecule has 2 heterocycles. The van der Waals surface area contributed by atoms with Crippen molar-refractivity contribution in [2.24, 2.45) is 0 Å². The van der Waals surface area contributed by atoms with Gasteiger partial charge in [-0.3, -0.25) is 14.5 Å². The van der Waals surface area contributed by atoms with Crippen LogP contribution in [-0.2, 0) is 15.8 Å². The molecular formula is C17H11F3N2O2S3. The van der Waals surface area contributed by atoms with Crippen molar-refractivity contribution in [1.82, 2.24) is 4.90 Å². The number of thiophene rings is 1. The smallest absolute Gasteiger partial charge is 0.325 e. The number of alkyl halides is 3. The maximum absolute atomic E-state index is 12.7. The van der Waals surface area contributed by atoms with Gasteiger partial charge in [-0.25, -0.2) is 0 Å². The highest BCUT2D eigenvalue weighted by Crippen LogP contribution is 2.33. The number of nitrogens with one attached hydrogen (secondary N) is 1. The fourth-order valence-corrected chi connectivity index (χ4v) is 4.23. The number of rotatable bonds is 4. The summed E-state index contributed by atoms with van der Waals surface area (Å²) in [6.45, 7) is -0.372. The maximum atomic E-state index is 12.7. The van der Waals surface area contributed by atoms with Crippen LogP contribution in [-0.4, -0.2) is 27.6 Å². The molecule has 0 atom stereocenters. The normalized spacial score (nSPS) is 16.3. The zero-order valence-corrected chi connectivity index (χ0v) is 15.9. The quantitative estimate of drug-likeness (QED) is 0.571. The fourth-order valence-electron chi connectivity index (χ4n) is 2.26. The summed E-state index contributed by atoms with van der Waals surface area (Å²) in [7, 11) is 0. The van der Waals surface area contributed by atoms with Crippen molar-refractivity contribution in [3.8, 4) is 0 Å². The van der Waals surface area contributed by atoms with E-state index in [4.69, 9.17) is 12.2 Å². The van der Waals surface area contributed by atoms with Gasteiger partial charge in [-0.2, -0.15) is 13.2 Å². The highest BCUT2D eigenvalue weighted by Gasteiger charge is 2.34. The number of thioether (sulfide) groups is 1. The van der Waals surface area contributed by atoms with E-state index in [2.05, 4.69) is 5.32 Å². The molecule has 2 aromatic rings. The van der Waals surface area contributed by atoms with Crippen molar-refractivity contribution < 1.29 is 22.8 Å². The first kappa shape index (κ1) is 19.6. The highest BCUT2D eigenvalue weighted by molar-refractivity contribution is 8.26. The molecule has 2 amide bonds. The van der Waals surface area contributed by atoms with Crippen LogP contribution in [0.3, 0.4) is 0 Å². The molecule has 4 nitrogen and oxygen atoms in total. The summed E-state index contributed by atoms with van der Waals surface area (Å²) in [4.78, 5) is 27.0. The Labute approximate surface area is 166 Å². The van der Waals surface area contributed by atoms with Gasteiger partial charge in [-0.1, -0.05) is 36.1 Å². The van der Waals surface area contributed by atoms with Crippen LogP contribution in [0.25, 0.3) is 6.08 Å². The minimum Gasteiger partial charge on any atom is -0.325 e. The monoisotopic (exact) mass is 428 g/mol. The zero-order valence-electron chi connectivity index (χ0n) is 13.4. The Bertz CT molecular complexity index is 924. The largest absolute Gasteiger partial charge is 0.416 e. The molecular weight excluding hydrogens is 417 g/mol. The summed E-state index contributed by atoms with van der Waals surface area (Å²) >= 11 is 7.68. The molecule has 3 rings (SSSR count). The van der Waals surface area contributed by atoms with Gasteiger partial charge in [0.15, 0.2) is 0 Å². The van der Waals surface area contributed by atoms with Crippen molar-refractivity contribution >= 4 is 63.2 Å². The molecule has 27 heavy (non-hydrogen) atoms. The molecule has 1 fully saturated rings. The number of hydrogen-bond donors (Lipinski definition) is 1. The highest BCUT2D eigenvalue weighted by atomic mass is 32.2.